The number of halogens is 1. The average molecular weight is 347 g/mol. The number of alkyl halides is 1. The third-order valence-electron chi connectivity index (χ3n) is 4.28. The van der Waals surface area contributed by atoms with E-state index in [4.69, 9.17) is 16.3 Å². The molecule has 3 heteroatoms. The van der Waals surface area contributed by atoms with Crippen LogP contribution in [0, 0.1) is 0 Å². The lowest BCUT2D eigenvalue weighted by atomic mass is 10.0. The van der Waals surface area contributed by atoms with Crippen LogP contribution in [0.3, 0.4) is 0 Å². The number of hydrogen-bond donors (Lipinski definition) is 0. The van der Waals surface area contributed by atoms with Crippen molar-refractivity contribution < 1.29 is 9.53 Å². The topological polar surface area (TPSA) is 26.3 Å². The monoisotopic (exact) mass is 346 g/mol. The first-order valence-electron chi connectivity index (χ1n) is 10.0. The van der Waals surface area contributed by atoms with Crippen LogP contribution in [-0.4, -0.2) is 18.5 Å². The van der Waals surface area contributed by atoms with Gasteiger partial charge in [-0.1, -0.05) is 90.4 Å². The van der Waals surface area contributed by atoms with Crippen molar-refractivity contribution in [1.82, 2.24) is 0 Å². The zero-order chi connectivity index (χ0) is 17.0. The molecule has 0 bridgehead atoms. The molecule has 0 rings (SSSR count). The van der Waals surface area contributed by atoms with Gasteiger partial charge in [0.1, 0.15) is 0 Å². The van der Waals surface area contributed by atoms with E-state index in [-0.39, 0.29) is 5.97 Å². The van der Waals surface area contributed by atoms with E-state index in [2.05, 4.69) is 6.92 Å². The lowest BCUT2D eigenvalue weighted by molar-refractivity contribution is -0.143. The summed E-state index contributed by atoms with van der Waals surface area (Å²) in [6.45, 7) is 2.86. The second-order valence-electron chi connectivity index (χ2n) is 6.61. The van der Waals surface area contributed by atoms with Crippen LogP contribution in [-0.2, 0) is 9.53 Å². The zero-order valence-electron chi connectivity index (χ0n) is 15.4. The van der Waals surface area contributed by atoms with Gasteiger partial charge in [-0.15, -0.1) is 11.6 Å². The predicted octanol–water partition coefficient (Wildman–Crippen LogP) is 7.03. The maximum absolute atomic E-state index is 11.3. The zero-order valence-corrected chi connectivity index (χ0v) is 16.2. The Morgan fingerprint density at radius 3 is 1.57 bits per heavy atom. The van der Waals surface area contributed by atoms with Crippen LogP contribution in [0.25, 0.3) is 0 Å². The Morgan fingerprint density at radius 1 is 0.696 bits per heavy atom. The minimum atomic E-state index is -0.0969. The number of hydrogen-bond acceptors (Lipinski definition) is 2. The maximum Gasteiger partial charge on any atom is 0.305 e. The van der Waals surface area contributed by atoms with E-state index < -0.39 is 0 Å². The molecule has 0 aromatic carbocycles. The highest BCUT2D eigenvalue weighted by atomic mass is 35.5. The molecule has 0 spiro atoms. The molecule has 0 atom stereocenters. The largest absolute Gasteiger partial charge is 0.466 e. The van der Waals surface area contributed by atoms with Gasteiger partial charge in [0.15, 0.2) is 0 Å². The Kier molecular flexibility index (Phi) is 19.6. The summed E-state index contributed by atoms with van der Waals surface area (Å²) < 4.78 is 5.15. The van der Waals surface area contributed by atoms with Gasteiger partial charge in [-0.25, -0.2) is 0 Å². The normalized spacial score (nSPS) is 10.9. The number of carbonyl (C=O) groups excluding carboxylic acids is 1. The molecule has 0 amide bonds. The third kappa shape index (κ3) is 19.7. The van der Waals surface area contributed by atoms with E-state index in [1.807, 2.05) is 0 Å². The molecule has 0 fully saturated rings. The molecule has 0 saturated heterocycles. The van der Waals surface area contributed by atoms with Crippen LogP contribution in [0.4, 0.5) is 0 Å². The molecule has 0 heterocycles. The Bertz CT molecular complexity index is 244. The van der Waals surface area contributed by atoms with Gasteiger partial charge in [0, 0.05) is 12.3 Å². The molecule has 0 aliphatic carbocycles. The summed E-state index contributed by atoms with van der Waals surface area (Å²) >= 11 is 5.54. The summed E-state index contributed by atoms with van der Waals surface area (Å²) in [6.07, 6.45) is 20.0. The molecule has 0 aromatic heterocycles. The summed E-state index contributed by atoms with van der Waals surface area (Å²) in [6, 6.07) is 0. The van der Waals surface area contributed by atoms with E-state index in [0.717, 1.165) is 12.8 Å². The number of esters is 1. The minimum absolute atomic E-state index is 0.0969. The van der Waals surface area contributed by atoms with Crippen molar-refractivity contribution in [3.8, 4) is 0 Å². The first-order chi connectivity index (χ1) is 11.3. The van der Waals surface area contributed by atoms with Gasteiger partial charge in [0.25, 0.3) is 0 Å². The lowest BCUT2D eigenvalue weighted by Gasteiger charge is -2.05. The van der Waals surface area contributed by atoms with Gasteiger partial charge in [-0.3, -0.25) is 4.79 Å². The average Bonchev–Trinajstić information content (AvgIpc) is 2.56. The van der Waals surface area contributed by atoms with Crippen molar-refractivity contribution in [3.05, 3.63) is 0 Å². The van der Waals surface area contributed by atoms with Crippen molar-refractivity contribution in [1.29, 1.82) is 0 Å². The van der Waals surface area contributed by atoms with Gasteiger partial charge < -0.3 is 4.74 Å². The molecule has 2 nitrogen and oxygen atoms in total. The van der Waals surface area contributed by atoms with E-state index >= 15 is 0 Å². The molecule has 138 valence electrons. The smallest absolute Gasteiger partial charge is 0.305 e. The highest BCUT2D eigenvalue weighted by Crippen LogP contribution is 2.13. The maximum atomic E-state index is 11.3. The Morgan fingerprint density at radius 2 is 1.13 bits per heavy atom. The highest BCUT2D eigenvalue weighted by Gasteiger charge is 2.01. The number of rotatable bonds is 18. The third-order valence-corrected chi connectivity index (χ3v) is 4.54. The van der Waals surface area contributed by atoms with E-state index in [9.17, 15) is 4.79 Å². The number of carbonyl (C=O) groups is 1. The fourth-order valence-corrected chi connectivity index (χ4v) is 2.90. The van der Waals surface area contributed by atoms with Crippen molar-refractivity contribution in [2.75, 3.05) is 12.5 Å². The first-order valence-corrected chi connectivity index (χ1v) is 10.6. The Hall–Kier alpha value is -0.240. The van der Waals surface area contributed by atoms with E-state index in [1.165, 1.54) is 83.5 Å². The van der Waals surface area contributed by atoms with Crippen LogP contribution < -0.4 is 0 Å². The van der Waals surface area contributed by atoms with E-state index in [1.54, 1.807) is 0 Å². The minimum Gasteiger partial charge on any atom is -0.466 e. The van der Waals surface area contributed by atoms with Crippen LogP contribution in [0.1, 0.15) is 110 Å². The second-order valence-corrected chi connectivity index (χ2v) is 6.99. The highest BCUT2D eigenvalue weighted by molar-refractivity contribution is 6.17. The van der Waals surface area contributed by atoms with Crippen molar-refractivity contribution in [2.24, 2.45) is 0 Å². The van der Waals surface area contributed by atoms with Crippen molar-refractivity contribution >= 4 is 17.6 Å². The summed E-state index contributed by atoms with van der Waals surface area (Å²) in [5.41, 5.74) is 0. The summed E-state index contributed by atoms with van der Waals surface area (Å²) in [4.78, 5) is 11.3. The SMILES string of the molecule is CCCCCCCCCCCCCCCCOC(=O)CCCCl. The van der Waals surface area contributed by atoms with Gasteiger partial charge >= 0.3 is 5.97 Å². The summed E-state index contributed by atoms with van der Waals surface area (Å²) in [5.74, 6) is 0.439. The Labute approximate surface area is 149 Å². The molecule has 0 aliphatic heterocycles. The molecule has 0 aromatic rings. The van der Waals surface area contributed by atoms with Gasteiger partial charge in [0.05, 0.1) is 6.61 Å². The fourth-order valence-electron chi connectivity index (χ4n) is 2.77. The van der Waals surface area contributed by atoms with Crippen molar-refractivity contribution in [3.63, 3.8) is 0 Å². The van der Waals surface area contributed by atoms with Crippen LogP contribution in [0.2, 0.25) is 0 Å². The van der Waals surface area contributed by atoms with Crippen LogP contribution in [0.15, 0.2) is 0 Å². The molecule has 0 aliphatic rings. The predicted molar refractivity (Wildman–Crippen MR) is 101 cm³/mol. The molecular weight excluding hydrogens is 308 g/mol. The molecule has 23 heavy (non-hydrogen) atoms. The summed E-state index contributed by atoms with van der Waals surface area (Å²) in [7, 11) is 0. The molecule has 0 N–H and O–H groups in total. The summed E-state index contributed by atoms with van der Waals surface area (Å²) in [5, 5.41) is 0. The van der Waals surface area contributed by atoms with Gasteiger partial charge in [0.2, 0.25) is 0 Å². The lowest BCUT2D eigenvalue weighted by Crippen LogP contribution is -2.05. The second kappa shape index (κ2) is 19.8. The molecular formula is C20H39ClO2. The molecule has 0 radical (unpaired) electrons. The first kappa shape index (κ1) is 22.8. The molecule has 0 unspecified atom stereocenters. The van der Waals surface area contributed by atoms with Crippen LogP contribution >= 0.6 is 11.6 Å². The van der Waals surface area contributed by atoms with Gasteiger partial charge in [-0.05, 0) is 12.8 Å². The van der Waals surface area contributed by atoms with Gasteiger partial charge in [-0.2, -0.15) is 0 Å². The van der Waals surface area contributed by atoms with E-state index in [0.29, 0.717) is 18.9 Å². The quantitative estimate of drug-likeness (QED) is 0.151. The standard InChI is InChI=1S/C20H39ClO2/c1-2-3-4-5-6-7-8-9-10-11-12-13-14-15-19-23-20(22)17-16-18-21/h2-19H2,1H3. The fraction of sp³-hybridized carbons (Fsp3) is 0.950. The number of ether oxygens (including phenoxy) is 1. The Balaban J connectivity index is 3.04. The van der Waals surface area contributed by atoms with Crippen LogP contribution in [0.5, 0.6) is 0 Å². The molecule has 0 saturated carbocycles. The van der Waals surface area contributed by atoms with Crippen molar-refractivity contribution in [2.45, 2.75) is 110 Å². The number of unbranched alkanes of at least 4 members (excludes halogenated alkanes) is 13.